The number of aliphatic hydroxyl groups is 1. The SMILES string of the molecule is OCc1cncc(Cc2cccc(F)c2)c1. The van der Waals surface area contributed by atoms with Crippen LogP contribution in [0.4, 0.5) is 4.39 Å². The van der Waals surface area contributed by atoms with Crippen molar-refractivity contribution in [3.05, 3.63) is 65.2 Å². The van der Waals surface area contributed by atoms with Crippen LogP contribution < -0.4 is 0 Å². The molecule has 1 N–H and O–H groups in total. The van der Waals surface area contributed by atoms with Crippen molar-refractivity contribution in [3.63, 3.8) is 0 Å². The van der Waals surface area contributed by atoms with E-state index in [2.05, 4.69) is 4.98 Å². The van der Waals surface area contributed by atoms with Crippen LogP contribution in [0.1, 0.15) is 16.7 Å². The zero-order valence-electron chi connectivity index (χ0n) is 8.73. The first-order valence-electron chi connectivity index (χ1n) is 5.06. The number of aliphatic hydroxyl groups excluding tert-OH is 1. The van der Waals surface area contributed by atoms with E-state index >= 15 is 0 Å². The third-order valence-electron chi connectivity index (χ3n) is 2.33. The standard InChI is InChI=1S/C13H12FNO/c14-13-3-1-2-10(6-13)4-11-5-12(9-16)8-15-7-11/h1-3,5-8,16H,4,9H2. The lowest BCUT2D eigenvalue weighted by molar-refractivity contribution is 0.281. The predicted molar refractivity (Wildman–Crippen MR) is 59.4 cm³/mol. The quantitative estimate of drug-likeness (QED) is 0.855. The van der Waals surface area contributed by atoms with Crippen LogP contribution in [0.5, 0.6) is 0 Å². The van der Waals surface area contributed by atoms with Crippen molar-refractivity contribution in [1.82, 2.24) is 4.98 Å². The first kappa shape index (κ1) is 10.8. The van der Waals surface area contributed by atoms with Gasteiger partial charge >= 0.3 is 0 Å². The van der Waals surface area contributed by atoms with E-state index in [4.69, 9.17) is 5.11 Å². The second-order valence-corrected chi connectivity index (χ2v) is 3.67. The van der Waals surface area contributed by atoms with Crippen molar-refractivity contribution in [2.75, 3.05) is 0 Å². The molecule has 0 atom stereocenters. The zero-order chi connectivity index (χ0) is 11.4. The molecule has 1 aromatic carbocycles. The molecular formula is C13H12FNO. The van der Waals surface area contributed by atoms with Gasteiger partial charge in [0.15, 0.2) is 0 Å². The largest absolute Gasteiger partial charge is 0.392 e. The minimum atomic E-state index is -0.233. The van der Waals surface area contributed by atoms with Gasteiger partial charge in [0.1, 0.15) is 5.82 Å². The smallest absolute Gasteiger partial charge is 0.123 e. The van der Waals surface area contributed by atoms with Gasteiger partial charge in [-0.1, -0.05) is 18.2 Å². The molecule has 0 saturated carbocycles. The monoisotopic (exact) mass is 217 g/mol. The summed E-state index contributed by atoms with van der Waals surface area (Å²) in [6.07, 6.45) is 3.97. The van der Waals surface area contributed by atoms with Gasteiger partial charge in [0, 0.05) is 12.4 Å². The van der Waals surface area contributed by atoms with Crippen molar-refractivity contribution in [2.45, 2.75) is 13.0 Å². The van der Waals surface area contributed by atoms with Crippen molar-refractivity contribution >= 4 is 0 Å². The molecule has 0 radical (unpaired) electrons. The van der Waals surface area contributed by atoms with Crippen LogP contribution in [-0.4, -0.2) is 10.1 Å². The van der Waals surface area contributed by atoms with Crippen molar-refractivity contribution in [2.24, 2.45) is 0 Å². The maximum absolute atomic E-state index is 13.0. The summed E-state index contributed by atoms with van der Waals surface area (Å²) in [6, 6.07) is 8.36. The van der Waals surface area contributed by atoms with Crippen LogP contribution in [0, 0.1) is 5.82 Å². The van der Waals surface area contributed by atoms with E-state index < -0.39 is 0 Å². The molecule has 0 aliphatic carbocycles. The fourth-order valence-corrected chi connectivity index (χ4v) is 1.61. The molecule has 0 saturated heterocycles. The molecule has 0 aliphatic rings. The van der Waals surface area contributed by atoms with Gasteiger partial charge < -0.3 is 5.11 Å². The van der Waals surface area contributed by atoms with Crippen LogP contribution in [0.25, 0.3) is 0 Å². The Labute approximate surface area is 93.4 Å². The molecule has 2 aromatic rings. The molecular weight excluding hydrogens is 205 g/mol. The van der Waals surface area contributed by atoms with Crippen LogP contribution in [-0.2, 0) is 13.0 Å². The van der Waals surface area contributed by atoms with Gasteiger partial charge in [0.05, 0.1) is 6.61 Å². The van der Waals surface area contributed by atoms with Gasteiger partial charge in [-0.15, -0.1) is 0 Å². The Kier molecular flexibility index (Phi) is 3.27. The Balaban J connectivity index is 2.20. The Morgan fingerprint density at radius 3 is 2.62 bits per heavy atom. The first-order valence-corrected chi connectivity index (χ1v) is 5.06. The molecule has 1 aromatic heterocycles. The highest BCUT2D eigenvalue weighted by atomic mass is 19.1. The molecule has 16 heavy (non-hydrogen) atoms. The normalized spacial score (nSPS) is 10.4. The Bertz CT molecular complexity index is 485. The van der Waals surface area contributed by atoms with E-state index in [0.717, 1.165) is 16.7 Å². The summed E-state index contributed by atoms with van der Waals surface area (Å²) in [5.41, 5.74) is 2.64. The predicted octanol–water partition coefficient (Wildman–Crippen LogP) is 2.30. The zero-order valence-corrected chi connectivity index (χ0v) is 8.73. The molecule has 0 unspecified atom stereocenters. The summed E-state index contributed by atoms with van der Waals surface area (Å²) in [5.74, 6) is -0.233. The number of pyridine rings is 1. The van der Waals surface area contributed by atoms with E-state index in [1.165, 1.54) is 12.1 Å². The van der Waals surface area contributed by atoms with Crippen LogP contribution in [0.15, 0.2) is 42.7 Å². The molecule has 82 valence electrons. The Morgan fingerprint density at radius 1 is 1.06 bits per heavy atom. The molecule has 2 rings (SSSR count). The fraction of sp³-hybridized carbons (Fsp3) is 0.154. The van der Waals surface area contributed by atoms with E-state index in [1.807, 2.05) is 12.1 Å². The number of benzene rings is 1. The molecule has 3 heteroatoms. The van der Waals surface area contributed by atoms with Gasteiger partial charge in [0.2, 0.25) is 0 Å². The molecule has 0 amide bonds. The lowest BCUT2D eigenvalue weighted by atomic mass is 10.1. The van der Waals surface area contributed by atoms with Gasteiger partial charge in [-0.3, -0.25) is 4.98 Å². The number of halogens is 1. The van der Waals surface area contributed by atoms with E-state index in [-0.39, 0.29) is 12.4 Å². The summed E-state index contributed by atoms with van der Waals surface area (Å²) in [5, 5.41) is 8.97. The lowest BCUT2D eigenvalue weighted by Gasteiger charge is -2.03. The van der Waals surface area contributed by atoms with Crippen LogP contribution in [0.2, 0.25) is 0 Å². The molecule has 1 heterocycles. The summed E-state index contributed by atoms with van der Waals surface area (Å²) < 4.78 is 13.0. The number of rotatable bonds is 3. The summed E-state index contributed by atoms with van der Waals surface area (Å²) in [4.78, 5) is 4.02. The van der Waals surface area contributed by atoms with Crippen molar-refractivity contribution in [1.29, 1.82) is 0 Å². The van der Waals surface area contributed by atoms with Crippen molar-refractivity contribution < 1.29 is 9.50 Å². The minimum absolute atomic E-state index is 0.0238. The van der Waals surface area contributed by atoms with Crippen LogP contribution in [0.3, 0.4) is 0 Å². The van der Waals surface area contributed by atoms with Gasteiger partial charge in [0.25, 0.3) is 0 Å². The second-order valence-electron chi connectivity index (χ2n) is 3.67. The molecule has 0 aliphatic heterocycles. The fourth-order valence-electron chi connectivity index (χ4n) is 1.61. The van der Waals surface area contributed by atoms with Gasteiger partial charge in [-0.05, 0) is 35.2 Å². The third kappa shape index (κ3) is 2.64. The number of hydrogen-bond acceptors (Lipinski definition) is 2. The maximum atomic E-state index is 13.0. The van der Waals surface area contributed by atoms with Gasteiger partial charge in [-0.2, -0.15) is 0 Å². The summed E-state index contributed by atoms with van der Waals surface area (Å²) >= 11 is 0. The summed E-state index contributed by atoms with van der Waals surface area (Å²) in [7, 11) is 0. The van der Waals surface area contributed by atoms with E-state index in [1.54, 1.807) is 18.5 Å². The topological polar surface area (TPSA) is 33.1 Å². The van der Waals surface area contributed by atoms with E-state index in [0.29, 0.717) is 6.42 Å². The highest BCUT2D eigenvalue weighted by molar-refractivity contribution is 5.26. The Hall–Kier alpha value is -1.74. The average Bonchev–Trinajstić information content (AvgIpc) is 2.29. The Morgan fingerprint density at radius 2 is 1.88 bits per heavy atom. The number of hydrogen-bond donors (Lipinski definition) is 1. The third-order valence-corrected chi connectivity index (χ3v) is 2.33. The average molecular weight is 217 g/mol. The highest BCUT2D eigenvalue weighted by Crippen LogP contribution is 2.11. The van der Waals surface area contributed by atoms with Crippen molar-refractivity contribution in [3.8, 4) is 0 Å². The molecule has 0 fully saturated rings. The maximum Gasteiger partial charge on any atom is 0.123 e. The van der Waals surface area contributed by atoms with Gasteiger partial charge in [-0.25, -0.2) is 4.39 Å². The molecule has 0 bridgehead atoms. The lowest BCUT2D eigenvalue weighted by Crippen LogP contribution is -1.93. The van der Waals surface area contributed by atoms with Crippen LogP contribution >= 0.6 is 0 Å². The number of nitrogens with zero attached hydrogens (tertiary/aromatic N) is 1. The molecule has 0 spiro atoms. The van der Waals surface area contributed by atoms with E-state index in [9.17, 15) is 4.39 Å². The molecule has 2 nitrogen and oxygen atoms in total. The summed E-state index contributed by atoms with van der Waals surface area (Å²) in [6.45, 7) is -0.0238. The number of aromatic nitrogens is 1. The first-order chi connectivity index (χ1) is 7.78. The second kappa shape index (κ2) is 4.86. The minimum Gasteiger partial charge on any atom is -0.392 e. The highest BCUT2D eigenvalue weighted by Gasteiger charge is 1.99.